The van der Waals surface area contributed by atoms with Gasteiger partial charge in [0, 0.05) is 58.1 Å². The molecule has 2 amide bonds. The van der Waals surface area contributed by atoms with E-state index in [-0.39, 0.29) is 11.8 Å². The van der Waals surface area contributed by atoms with Crippen molar-refractivity contribution >= 4 is 17.5 Å². The summed E-state index contributed by atoms with van der Waals surface area (Å²) in [6.07, 6.45) is 0. The number of benzene rings is 2. The fourth-order valence-corrected chi connectivity index (χ4v) is 3.73. The zero-order chi connectivity index (χ0) is 22.4. The van der Waals surface area contributed by atoms with Crippen LogP contribution in [0.5, 0.6) is 0 Å². The highest BCUT2D eigenvalue weighted by Crippen LogP contribution is 2.16. The number of rotatable bonds is 7. The standard InChI is InChI=1S/C25H34N4O2/c1-19(2)21-7-5-20(6-8-21)17-28-13-15-29(16-14-28)18-24(30)26-23-11-9-22(10-12-23)25(31)27(3)4/h5-12,19H,13-18H2,1-4H3,(H,26,30). The Labute approximate surface area is 185 Å². The van der Waals surface area contributed by atoms with Gasteiger partial charge in [0.1, 0.15) is 0 Å². The molecule has 166 valence electrons. The lowest BCUT2D eigenvalue weighted by Gasteiger charge is -2.34. The molecule has 0 aliphatic carbocycles. The summed E-state index contributed by atoms with van der Waals surface area (Å²) in [5.74, 6) is 0.484. The Balaban J connectivity index is 1.42. The van der Waals surface area contributed by atoms with Crippen molar-refractivity contribution in [1.29, 1.82) is 0 Å². The van der Waals surface area contributed by atoms with Crippen molar-refractivity contribution in [2.45, 2.75) is 26.3 Å². The highest BCUT2D eigenvalue weighted by molar-refractivity contribution is 5.96. The minimum atomic E-state index is -0.0494. The average Bonchev–Trinajstić information content (AvgIpc) is 2.75. The van der Waals surface area contributed by atoms with Gasteiger partial charge in [0.15, 0.2) is 0 Å². The van der Waals surface area contributed by atoms with Crippen LogP contribution in [0.3, 0.4) is 0 Å². The molecule has 1 N–H and O–H groups in total. The molecule has 0 atom stereocenters. The molecule has 6 heteroatoms. The first-order chi connectivity index (χ1) is 14.8. The van der Waals surface area contributed by atoms with Gasteiger partial charge in [0.05, 0.1) is 6.54 Å². The summed E-state index contributed by atoms with van der Waals surface area (Å²) >= 11 is 0. The maximum atomic E-state index is 12.4. The van der Waals surface area contributed by atoms with Crippen LogP contribution < -0.4 is 5.32 Å². The number of nitrogens with one attached hydrogen (secondary N) is 1. The van der Waals surface area contributed by atoms with Crippen LogP contribution in [0.15, 0.2) is 48.5 Å². The third-order valence-electron chi connectivity index (χ3n) is 5.71. The first kappa shape index (κ1) is 23.0. The second-order valence-electron chi connectivity index (χ2n) is 8.77. The zero-order valence-electron chi connectivity index (χ0n) is 19.1. The van der Waals surface area contributed by atoms with E-state index in [1.807, 2.05) is 0 Å². The molecule has 1 aliphatic heterocycles. The SMILES string of the molecule is CC(C)c1ccc(CN2CCN(CC(=O)Nc3ccc(C(=O)N(C)C)cc3)CC2)cc1. The van der Waals surface area contributed by atoms with E-state index in [9.17, 15) is 9.59 Å². The van der Waals surface area contributed by atoms with E-state index >= 15 is 0 Å². The van der Waals surface area contributed by atoms with Gasteiger partial charge in [0.25, 0.3) is 5.91 Å². The summed E-state index contributed by atoms with van der Waals surface area (Å²) in [7, 11) is 3.44. The summed E-state index contributed by atoms with van der Waals surface area (Å²) in [4.78, 5) is 30.5. The largest absolute Gasteiger partial charge is 0.345 e. The quantitative estimate of drug-likeness (QED) is 0.744. The summed E-state index contributed by atoms with van der Waals surface area (Å²) < 4.78 is 0. The van der Waals surface area contributed by atoms with Gasteiger partial charge >= 0.3 is 0 Å². The second kappa shape index (κ2) is 10.6. The lowest BCUT2D eigenvalue weighted by atomic mass is 10.0. The number of amides is 2. The maximum Gasteiger partial charge on any atom is 0.253 e. The van der Waals surface area contributed by atoms with Crippen molar-refractivity contribution in [2.75, 3.05) is 52.1 Å². The third-order valence-corrected chi connectivity index (χ3v) is 5.71. The van der Waals surface area contributed by atoms with Crippen LogP contribution in [0.1, 0.15) is 41.3 Å². The van der Waals surface area contributed by atoms with E-state index in [0.29, 0.717) is 23.7 Å². The summed E-state index contributed by atoms with van der Waals surface area (Å²) in [5.41, 5.74) is 4.03. The maximum absolute atomic E-state index is 12.4. The van der Waals surface area contributed by atoms with Crippen molar-refractivity contribution < 1.29 is 9.59 Å². The van der Waals surface area contributed by atoms with Crippen LogP contribution in [0, 0.1) is 0 Å². The Morgan fingerprint density at radius 2 is 1.48 bits per heavy atom. The Morgan fingerprint density at radius 3 is 2.03 bits per heavy atom. The van der Waals surface area contributed by atoms with Gasteiger partial charge in [-0.15, -0.1) is 0 Å². The highest BCUT2D eigenvalue weighted by Gasteiger charge is 2.19. The van der Waals surface area contributed by atoms with Crippen molar-refractivity contribution in [3.63, 3.8) is 0 Å². The topological polar surface area (TPSA) is 55.9 Å². The molecule has 1 fully saturated rings. The number of anilines is 1. The van der Waals surface area contributed by atoms with Crippen LogP contribution in [-0.4, -0.2) is 73.3 Å². The zero-order valence-corrected chi connectivity index (χ0v) is 19.1. The number of carbonyl (C=O) groups excluding carboxylic acids is 2. The summed E-state index contributed by atoms with van der Waals surface area (Å²) in [6.45, 7) is 9.45. The Hall–Kier alpha value is -2.70. The fraction of sp³-hybridized carbons (Fsp3) is 0.440. The molecule has 31 heavy (non-hydrogen) atoms. The molecule has 0 saturated carbocycles. The van der Waals surface area contributed by atoms with Crippen molar-refractivity contribution in [3.8, 4) is 0 Å². The van der Waals surface area contributed by atoms with E-state index in [0.717, 1.165) is 32.7 Å². The van der Waals surface area contributed by atoms with Crippen LogP contribution in [0.25, 0.3) is 0 Å². The number of piperazine rings is 1. The predicted octanol–water partition coefficient (Wildman–Crippen LogP) is 3.27. The molecule has 0 unspecified atom stereocenters. The van der Waals surface area contributed by atoms with E-state index < -0.39 is 0 Å². The van der Waals surface area contributed by atoms with E-state index in [1.165, 1.54) is 16.0 Å². The van der Waals surface area contributed by atoms with Gasteiger partial charge in [-0.05, 0) is 41.3 Å². The van der Waals surface area contributed by atoms with Gasteiger partial charge in [-0.25, -0.2) is 0 Å². The smallest absolute Gasteiger partial charge is 0.253 e. The van der Waals surface area contributed by atoms with Gasteiger partial charge in [-0.3, -0.25) is 19.4 Å². The van der Waals surface area contributed by atoms with Crippen molar-refractivity contribution in [1.82, 2.24) is 14.7 Å². The van der Waals surface area contributed by atoms with E-state index in [4.69, 9.17) is 0 Å². The molecule has 6 nitrogen and oxygen atoms in total. The Morgan fingerprint density at radius 1 is 0.903 bits per heavy atom. The lowest BCUT2D eigenvalue weighted by molar-refractivity contribution is -0.117. The van der Waals surface area contributed by atoms with Gasteiger partial charge < -0.3 is 10.2 Å². The molecule has 1 saturated heterocycles. The van der Waals surface area contributed by atoms with Crippen LogP contribution in [0.4, 0.5) is 5.69 Å². The van der Waals surface area contributed by atoms with Gasteiger partial charge in [0.2, 0.25) is 5.91 Å². The first-order valence-electron chi connectivity index (χ1n) is 11.0. The van der Waals surface area contributed by atoms with Crippen molar-refractivity contribution in [2.24, 2.45) is 0 Å². The highest BCUT2D eigenvalue weighted by atomic mass is 16.2. The predicted molar refractivity (Wildman–Crippen MR) is 125 cm³/mol. The summed E-state index contributed by atoms with van der Waals surface area (Å²) in [5, 5.41) is 2.93. The molecule has 0 aromatic heterocycles. The van der Waals surface area contributed by atoms with Crippen molar-refractivity contribution in [3.05, 3.63) is 65.2 Å². The summed E-state index contributed by atoms with van der Waals surface area (Å²) in [6, 6.07) is 15.9. The molecular weight excluding hydrogens is 388 g/mol. The minimum Gasteiger partial charge on any atom is -0.345 e. The average molecular weight is 423 g/mol. The Kier molecular flexibility index (Phi) is 7.82. The molecule has 0 bridgehead atoms. The lowest BCUT2D eigenvalue weighted by Crippen LogP contribution is -2.48. The molecule has 2 aromatic carbocycles. The molecule has 0 spiro atoms. The van der Waals surface area contributed by atoms with Gasteiger partial charge in [-0.2, -0.15) is 0 Å². The molecule has 1 aliphatic rings. The van der Waals surface area contributed by atoms with Crippen LogP contribution in [0.2, 0.25) is 0 Å². The number of nitrogens with zero attached hydrogens (tertiary/aromatic N) is 3. The molecule has 1 heterocycles. The third kappa shape index (κ3) is 6.64. The Bertz CT molecular complexity index is 867. The molecular formula is C25H34N4O2. The van der Waals surface area contributed by atoms with Gasteiger partial charge in [-0.1, -0.05) is 38.1 Å². The molecule has 2 aromatic rings. The van der Waals surface area contributed by atoms with E-state index in [1.54, 1.807) is 38.4 Å². The monoisotopic (exact) mass is 422 g/mol. The normalized spacial score (nSPS) is 15.1. The second-order valence-corrected chi connectivity index (χ2v) is 8.77. The van der Waals surface area contributed by atoms with Crippen LogP contribution in [-0.2, 0) is 11.3 Å². The number of hydrogen-bond donors (Lipinski definition) is 1. The molecule has 0 radical (unpaired) electrons. The molecule has 3 rings (SSSR count). The number of hydrogen-bond acceptors (Lipinski definition) is 4. The number of carbonyl (C=O) groups is 2. The minimum absolute atomic E-state index is 0.0237. The van der Waals surface area contributed by atoms with E-state index in [2.05, 4.69) is 53.2 Å². The fourth-order valence-electron chi connectivity index (χ4n) is 3.73. The van der Waals surface area contributed by atoms with Crippen LogP contribution >= 0.6 is 0 Å². The first-order valence-corrected chi connectivity index (χ1v) is 11.0.